The van der Waals surface area contributed by atoms with Crippen molar-refractivity contribution < 1.29 is 14.3 Å². The third-order valence-electron chi connectivity index (χ3n) is 4.93. The second kappa shape index (κ2) is 11.0. The van der Waals surface area contributed by atoms with E-state index in [1.807, 2.05) is 19.9 Å². The number of methoxy groups -OCH3 is 1. The number of nitrogens with one attached hydrogen (secondary N) is 1. The van der Waals surface area contributed by atoms with Gasteiger partial charge in [0.1, 0.15) is 5.75 Å². The first-order chi connectivity index (χ1) is 16.2. The highest BCUT2D eigenvalue weighted by atomic mass is 35.5. The van der Waals surface area contributed by atoms with Gasteiger partial charge < -0.3 is 14.8 Å². The highest BCUT2D eigenvalue weighted by molar-refractivity contribution is 6.30. The van der Waals surface area contributed by atoms with Gasteiger partial charge in [-0.3, -0.25) is 9.36 Å². The molecular weight excluding hydrogens is 460 g/mol. The molecule has 0 fully saturated rings. The van der Waals surface area contributed by atoms with Crippen LogP contribution >= 0.6 is 11.6 Å². The molecule has 3 aromatic rings. The minimum atomic E-state index is -0.773. The quantitative estimate of drug-likeness (QED) is 0.462. The molecule has 0 aliphatic heterocycles. The Morgan fingerprint density at radius 1 is 1.09 bits per heavy atom. The zero-order valence-electron chi connectivity index (χ0n) is 19.4. The smallest absolute Gasteiger partial charge is 0.354 e. The molecule has 1 heterocycles. The molecule has 0 unspecified atom stereocenters. The molecule has 1 N–H and O–H groups in total. The van der Waals surface area contributed by atoms with Crippen LogP contribution in [0.25, 0.3) is 0 Å². The largest absolute Gasteiger partial charge is 0.491 e. The van der Waals surface area contributed by atoms with Gasteiger partial charge in [-0.05, 0) is 43.7 Å². The van der Waals surface area contributed by atoms with E-state index in [0.29, 0.717) is 16.5 Å². The lowest BCUT2D eigenvalue weighted by Crippen LogP contribution is -2.44. The number of esters is 1. The predicted molar refractivity (Wildman–Crippen MR) is 130 cm³/mol. The monoisotopic (exact) mass is 486 g/mol. The highest BCUT2D eigenvalue weighted by Gasteiger charge is 2.20. The van der Waals surface area contributed by atoms with Crippen molar-refractivity contribution in [1.29, 1.82) is 0 Å². The van der Waals surface area contributed by atoms with Gasteiger partial charge >= 0.3 is 17.3 Å². The maximum atomic E-state index is 13.4. The minimum Gasteiger partial charge on any atom is -0.491 e. The van der Waals surface area contributed by atoms with E-state index < -0.39 is 23.3 Å². The molecule has 0 spiro atoms. The van der Waals surface area contributed by atoms with E-state index in [4.69, 9.17) is 21.1 Å². The molecular formula is C24H27ClN4O5. The van der Waals surface area contributed by atoms with Gasteiger partial charge in [-0.25, -0.2) is 14.2 Å². The van der Waals surface area contributed by atoms with Crippen LogP contribution in [-0.2, 0) is 22.6 Å². The number of carbonyl (C=O) groups is 1. The van der Waals surface area contributed by atoms with Crippen LogP contribution < -0.4 is 21.4 Å². The number of halogens is 1. The van der Waals surface area contributed by atoms with Crippen molar-refractivity contribution in [3.63, 3.8) is 0 Å². The number of anilines is 2. The molecule has 0 amide bonds. The Balaban J connectivity index is 2.05. The van der Waals surface area contributed by atoms with Gasteiger partial charge in [0.2, 0.25) is 5.95 Å². The minimum absolute atomic E-state index is 0.0165. The molecule has 0 aliphatic rings. The lowest BCUT2D eigenvalue weighted by atomic mass is 10.2. The number of hydrogen-bond acceptors (Lipinski definition) is 7. The van der Waals surface area contributed by atoms with E-state index in [9.17, 15) is 14.4 Å². The molecule has 10 heteroatoms. The molecule has 0 saturated heterocycles. The van der Waals surface area contributed by atoms with Gasteiger partial charge in [-0.15, -0.1) is 0 Å². The summed E-state index contributed by atoms with van der Waals surface area (Å²) in [5.74, 6) is -0.537. The van der Waals surface area contributed by atoms with Crippen LogP contribution in [0.1, 0.15) is 26.3 Å². The van der Waals surface area contributed by atoms with Gasteiger partial charge in [0, 0.05) is 23.3 Å². The first kappa shape index (κ1) is 25.0. The number of rotatable bonds is 9. The van der Waals surface area contributed by atoms with Crippen LogP contribution in [0.15, 0.2) is 58.1 Å². The third-order valence-corrected chi connectivity index (χ3v) is 5.18. The van der Waals surface area contributed by atoms with Crippen LogP contribution in [0, 0.1) is 5.92 Å². The lowest BCUT2D eigenvalue weighted by molar-refractivity contribution is -0.145. The van der Waals surface area contributed by atoms with Gasteiger partial charge in [0.05, 0.1) is 25.7 Å². The van der Waals surface area contributed by atoms with E-state index in [1.165, 1.54) is 11.7 Å². The Bertz CT molecular complexity index is 1270. The summed E-state index contributed by atoms with van der Waals surface area (Å²) in [6.07, 6.45) is -0.0165. The Kier molecular flexibility index (Phi) is 8.12. The molecule has 0 bridgehead atoms. The normalized spacial score (nSPS) is 11.8. The van der Waals surface area contributed by atoms with Crippen molar-refractivity contribution in [3.05, 3.63) is 80.1 Å². The first-order valence-electron chi connectivity index (χ1n) is 10.8. The number of nitrogens with zero attached hydrogens (tertiary/aromatic N) is 3. The van der Waals surface area contributed by atoms with Crippen molar-refractivity contribution in [3.8, 4) is 5.75 Å². The zero-order valence-corrected chi connectivity index (χ0v) is 20.2. The van der Waals surface area contributed by atoms with Crippen LogP contribution in [0.2, 0.25) is 5.02 Å². The fourth-order valence-electron chi connectivity index (χ4n) is 3.29. The fraction of sp³-hybridized carbons (Fsp3) is 0.333. The van der Waals surface area contributed by atoms with Gasteiger partial charge in [-0.2, -0.15) is 4.98 Å². The van der Waals surface area contributed by atoms with Crippen LogP contribution in [0.3, 0.4) is 0 Å². The topological polar surface area (TPSA) is 104 Å². The number of hydrogen-bond donors (Lipinski definition) is 1. The van der Waals surface area contributed by atoms with Crippen molar-refractivity contribution in [2.75, 3.05) is 12.4 Å². The zero-order chi connectivity index (χ0) is 24.8. The standard InChI is InChI=1S/C24H27ClN4O5/c1-15(2)34-20-7-5-6-19(12-20)26-22-27-23(31)29(13-16(3)21(30)33-4)24(32)28(22)14-17-8-10-18(25)11-9-17/h5-12,15-16H,13-14H2,1-4H3,(H,26,27,31)/t16-/m0/s1. The number of benzene rings is 2. The summed E-state index contributed by atoms with van der Waals surface area (Å²) in [7, 11) is 1.25. The van der Waals surface area contributed by atoms with E-state index in [-0.39, 0.29) is 25.1 Å². The molecule has 180 valence electrons. The Morgan fingerprint density at radius 3 is 2.44 bits per heavy atom. The van der Waals surface area contributed by atoms with Crippen LogP contribution in [-0.4, -0.2) is 33.3 Å². The number of aromatic nitrogens is 3. The summed E-state index contributed by atoms with van der Waals surface area (Å²) in [6.45, 7) is 5.38. The Hall–Kier alpha value is -3.59. The first-order valence-corrected chi connectivity index (χ1v) is 11.1. The molecule has 2 aromatic carbocycles. The van der Waals surface area contributed by atoms with E-state index in [2.05, 4.69) is 10.3 Å². The summed E-state index contributed by atoms with van der Waals surface area (Å²) < 4.78 is 12.7. The van der Waals surface area contributed by atoms with E-state index >= 15 is 0 Å². The number of carbonyl (C=O) groups excluding carboxylic acids is 1. The molecule has 0 aliphatic carbocycles. The molecule has 0 saturated carbocycles. The van der Waals surface area contributed by atoms with Crippen molar-refractivity contribution in [1.82, 2.24) is 14.1 Å². The third kappa shape index (κ3) is 6.26. The van der Waals surface area contributed by atoms with E-state index in [1.54, 1.807) is 49.4 Å². The van der Waals surface area contributed by atoms with Gasteiger partial charge in [0.15, 0.2) is 0 Å². The second-order valence-corrected chi connectivity index (χ2v) is 8.50. The molecule has 1 atom stereocenters. The molecule has 3 rings (SSSR count). The van der Waals surface area contributed by atoms with Crippen LogP contribution in [0.5, 0.6) is 5.75 Å². The highest BCUT2D eigenvalue weighted by Crippen LogP contribution is 2.21. The van der Waals surface area contributed by atoms with Crippen molar-refractivity contribution in [2.45, 2.75) is 40.0 Å². The molecule has 9 nitrogen and oxygen atoms in total. The average molecular weight is 487 g/mol. The van der Waals surface area contributed by atoms with Gasteiger partial charge in [0.25, 0.3) is 0 Å². The summed E-state index contributed by atoms with van der Waals surface area (Å²) in [6, 6.07) is 14.1. The van der Waals surface area contributed by atoms with E-state index in [0.717, 1.165) is 10.1 Å². The number of ether oxygens (including phenoxy) is 2. The lowest BCUT2D eigenvalue weighted by Gasteiger charge is -2.17. The summed E-state index contributed by atoms with van der Waals surface area (Å²) >= 11 is 5.99. The summed E-state index contributed by atoms with van der Waals surface area (Å²) in [4.78, 5) is 42.1. The van der Waals surface area contributed by atoms with Crippen molar-refractivity contribution >= 4 is 29.2 Å². The average Bonchev–Trinajstić information content (AvgIpc) is 2.79. The molecule has 1 aromatic heterocycles. The predicted octanol–water partition coefficient (Wildman–Crippen LogP) is 3.45. The fourth-order valence-corrected chi connectivity index (χ4v) is 3.42. The molecule has 34 heavy (non-hydrogen) atoms. The summed E-state index contributed by atoms with van der Waals surface area (Å²) in [5, 5.41) is 3.62. The molecule has 0 radical (unpaired) electrons. The summed E-state index contributed by atoms with van der Waals surface area (Å²) in [5.41, 5.74) is -0.0116. The second-order valence-electron chi connectivity index (χ2n) is 8.07. The van der Waals surface area contributed by atoms with Crippen molar-refractivity contribution in [2.24, 2.45) is 5.92 Å². The Morgan fingerprint density at radius 2 is 1.79 bits per heavy atom. The maximum absolute atomic E-state index is 13.4. The van der Waals surface area contributed by atoms with Gasteiger partial charge in [-0.1, -0.05) is 36.7 Å². The Labute approximate surface area is 201 Å². The SMILES string of the molecule is COC(=O)[C@@H](C)Cn1c(=O)nc(Nc2cccc(OC(C)C)c2)n(Cc2ccc(Cl)cc2)c1=O. The van der Waals surface area contributed by atoms with Crippen LogP contribution in [0.4, 0.5) is 11.6 Å². The maximum Gasteiger partial charge on any atom is 0.354 e.